The minimum Gasteiger partial charge on any atom is -0.480 e. The van der Waals surface area contributed by atoms with E-state index in [0.717, 1.165) is 21.6 Å². The summed E-state index contributed by atoms with van der Waals surface area (Å²) in [5.74, 6) is -22.4. The van der Waals surface area contributed by atoms with Crippen LogP contribution in [0.25, 0.3) is 0 Å². The van der Waals surface area contributed by atoms with Gasteiger partial charge in [-0.15, -0.1) is 0 Å². The summed E-state index contributed by atoms with van der Waals surface area (Å²) in [5, 5.41) is 222. The van der Waals surface area contributed by atoms with Gasteiger partial charge >= 0.3 is 23.9 Å². The van der Waals surface area contributed by atoms with Crippen molar-refractivity contribution in [2.75, 3.05) is 76.6 Å². The van der Waals surface area contributed by atoms with E-state index in [2.05, 4.69) is 31.6 Å². The maximum absolute atomic E-state index is 13.9. The molecule has 0 spiro atoms. The van der Waals surface area contributed by atoms with Crippen LogP contribution in [0.2, 0.25) is 0 Å². The van der Waals surface area contributed by atoms with Crippen LogP contribution in [0.1, 0.15) is 48.9 Å². The van der Waals surface area contributed by atoms with Crippen LogP contribution >= 0.6 is 21.6 Å². The van der Waals surface area contributed by atoms with Gasteiger partial charge in [-0.3, -0.25) is 53.7 Å². The summed E-state index contributed by atoms with van der Waals surface area (Å²) in [6.07, 6.45) is -34.4. The van der Waals surface area contributed by atoms with Crippen molar-refractivity contribution in [3.05, 3.63) is 41.3 Å². The minimum absolute atomic E-state index is 0.106. The molecule has 0 aromatic heterocycles. The van der Waals surface area contributed by atoms with Crippen LogP contribution in [-0.2, 0) is 67.1 Å². The number of aliphatic hydroxyl groups excluding tert-OH is 15. The Labute approximate surface area is 635 Å². The Kier molecular flexibility index (Phi) is 41.2. The predicted octanol–water partition coefficient (Wildman–Crippen LogP) is -16.5. The van der Waals surface area contributed by atoms with E-state index in [9.17, 15) is 164 Å². The van der Waals surface area contributed by atoms with E-state index in [-0.39, 0.29) is 49.7 Å². The zero-order chi connectivity index (χ0) is 83.7. The second kappa shape index (κ2) is 47.8. The number of amides is 10. The third-order valence-corrected chi connectivity index (χ3v) is 18.3. The standard InChI is InChI=1S/C60H93N15O34S2/c1-109-9-10-110-111-21-29(59(107)108)69-54(99)41(48(94)45(91)33(84)20-79)73-37(88)14-28(58(105)106)68-53(98)40(47(93)44(90)32(83)19-78)72-36(87)13-26(56(101)102)66-51(96)38(30(81)11-25(80)17-76)71-35(86)12-27(57(103)104)67-52(97)39(46(92)43(89)31(82)18-77)70-34(85)3-2-8-62-50(95)22-4-6-23(7-5-22)63-15-24-16-64-49-42(65-24)55(100)75-60(61)74-49/h4-7,25-33,38-41,43-48,60,63-64,74,76-84,89-94H,2-3,8-21,61H2,1H3,(H,62,95)(H,66,96)(H,67,97)(H,68,98)(H,69,99)(H,70,85)(H,71,86)(H,72,87)(H,73,88)(H,75,100)(H,101,102)(H,103,104)(H,105,106)(H,107,108)/t25-,26-,27-,28-,29-,30-,31+,32+,33+,38-,39-,40-,41-,43+,44+,45+,46+,47+,48+,60?/m0/s1. The normalized spacial score (nSPS) is 18.5. The van der Waals surface area contributed by atoms with E-state index in [1.54, 1.807) is 44.0 Å². The molecule has 0 radical (unpaired) electrons. The molecule has 624 valence electrons. The zero-order valence-corrected chi connectivity index (χ0v) is 60.3. The van der Waals surface area contributed by atoms with Crippen molar-refractivity contribution in [1.29, 1.82) is 0 Å². The average Bonchev–Trinajstić information content (AvgIpc) is 0.821. The highest BCUT2D eigenvalue weighted by Crippen LogP contribution is 2.23. The summed E-state index contributed by atoms with van der Waals surface area (Å²) in [7, 11) is 3.39. The van der Waals surface area contributed by atoms with E-state index in [0.29, 0.717) is 23.0 Å². The van der Waals surface area contributed by atoms with Crippen LogP contribution in [0.5, 0.6) is 0 Å². The fraction of sp³-hybridized carbons (Fsp3) is 0.617. The second-order valence-corrected chi connectivity index (χ2v) is 27.1. The van der Waals surface area contributed by atoms with Gasteiger partial charge < -0.3 is 171 Å². The van der Waals surface area contributed by atoms with Crippen LogP contribution < -0.4 is 74.9 Å². The van der Waals surface area contributed by atoms with Gasteiger partial charge in [-0.05, 0) is 30.7 Å². The van der Waals surface area contributed by atoms with Gasteiger partial charge in [0.05, 0.1) is 83.3 Å². The topological polar surface area (TPSA) is 827 Å². The summed E-state index contributed by atoms with van der Waals surface area (Å²) in [6, 6.07) is -13.9. The number of nitrogens with two attached hydrogens (primary N) is 1. The smallest absolute Gasteiger partial charge is 0.327 e. The van der Waals surface area contributed by atoms with Crippen LogP contribution in [0.4, 0.5) is 5.69 Å². The molecule has 0 bridgehead atoms. The number of carboxylic acids is 4. The van der Waals surface area contributed by atoms with Crippen molar-refractivity contribution >= 4 is 116 Å². The number of rotatable bonds is 52. The maximum Gasteiger partial charge on any atom is 0.327 e. The molecular weight excluding hydrogens is 1540 g/mol. The molecule has 2 aliphatic rings. The zero-order valence-electron chi connectivity index (χ0n) is 58.6. The Morgan fingerprint density at radius 1 is 0.532 bits per heavy atom. The lowest BCUT2D eigenvalue weighted by atomic mass is 9.98. The number of aliphatic hydroxyl groups is 15. The third-order valence-electron chi connectivity index (χ3n) is 15.9. The second-order valence-electron chi connectivity index (χ2n) is 24.5. The molecule has 1 unspecified atom stereocenters. The molecule has 3 rings (SSSR count). The van der Waals surface area contributed by atoms with Crippen molar-refractivity contribution in [2.24, 2.45) is 10.7 Å². The highest BCUT2D eigenvalue weighted by molar-refractivity contribution is 8.76. The number of nitrogens with one attached hydrogen (secondary N) is 13. The molecular formula is C60H93N15O34S2. The lowest BCUT2D eigenvalue weighted by Gasteiger charge is -2.31. The number of anilines is 1. The Balaban J connectivity index is 1.81. The number of carboxylic acid groups (broad SMARTS) is 4. The number of hydrogen-bond donors (Lipinski definition) is 33. The van der Waals surface area contributed by atoms with Crippen molar-refractivity contribution in [2.45, 2.75) is 160 Å². The minimum atomic E-state index is -2.88. The first kappa shape index (κ1) is 95.8. The van der Waals surface area contributed by atoms with Gasteiger partial charge in [-0.1, -0.05) is 21.6 Å². The fourth-order valence-electron chi connectivity index (χ4n) is 9.77. The van der Waals surface area contributed by atoms with Crippen molar-refractivity contribution in [3.63, 3.8) is 0 Å². The van der Waals surface area contributed by atoms with E-state index in [1.807, 2.05) is 10.6 Å². The van der Waals surface area contributed by atoms with E-state index in [4.69, 9.17) is 10.5 Å². The highest BCUT2D eigenvalue weighted by atomic mass is 33.1. The number of nitrogens with zero attached hydrogens (tertiary/aromatic N) is 1. The quantitative estimate of drug-likeness (QED) is 0.0213. The Morgan fingerprint density at radius 2 is 0.946 bits per heavy atom. The number of hydrogen-bond acceptors (Lipinski definition) is 37. The number of aliphatic carboxylic acids is 4. The molecule has 1 aromatic rings. The molecule has 34 N–H and O–H groups in total. The van der Waals surface area contributed by atoms with Crippen LogP contribution in [0.3, 0.4) is 0 Å². The first-order valence-corrected chi connectivity index (χ1v) is 35.7. The number of aliphatic imine (C=N–C) groups is 1. The van der Waals surface area contributed by atoms with Crippen molar-refractivity contribution < 1.29 is 169 Å². The van der Waals surface area contributed by atoms with Crippen molar-refractivity contribution in [1.82, 2.24) is 63.8 Å². The molecule has 2 heterocycles. The number of benzene rings is 1. The number of carbonyl (C=O) groups excluding carboxylic acids is 10. The fourth-order valence-corrected chi connectivity index (χ4v) is 11.8. The summed E-state index contributed by atoms with van der Waals surface area (Å²) in [5.41, 5.74) is 7.07. The molecule has 1 aromatic carbocycles. The van der Waals surface area contributed by atoms with Crippen LogP contribution in [0, 0.1) is 0 Å². The first-order chi connectivity index (χ1) is 52.2. The predicted molar refractivity (Wildman–Crippen MR) is 374 cm³/mol. The number of ether oxygens (including phenoxy) is 1. The summed E-state index contributed by atoms with van der Waals surface area (Å²) in [6.45, 7) is -4.63. The lowest BCUT2D eigenvalue weighted by Crippen LogP contribution is -2.63. The van der Waals surface area contributed by atoms with Gasteiger partial charge in [0.15, 0.2) is 12.0 Å². The molecule has 2 aliphatic heterocycles. The molecule has 20 atom stereocenters. The van der Waals surface area contributed by atoms with Crippen molar-refractivity contribution in [3.8, 4) is 0 Å². The highest BCUT2D eigenvalue weighted by Gasteiger charge is 2.44. The molecule has 10 amide bonds. The summed E-state index contributed by atoms with van der Waals surface area (Å²) < 4.78 is 4.89. The number of carbonyl (C=O) groups is 14. The largest absolute Gasteiger partial charge is 0.480 e. The Bertz CT molecular complexity index is 3430. The molecule has 51 heteroatoms. The van der Waals surface area contributed by atoms with Gasteiger partial charge in [0.1, 0.15) is 109 Å². The van der Waals surface area contributed by atoms with E-state index < -0.39 is 263 Å². The van der Waals surface area contributed by atoms with Gasteiger partial charge in [-0.2, -0.15) is 0 Å². The molecule has 0 aliphatic carbocycles. The van der Waals surface area contributed by atoms with Crippen LogP contribution in [-0.4, -0.2) is 379 Å². The number of methoxy groups -OCH3 is 1. The Hall–Kier alpha value is -9.37. The third kappa shape index (κ3) is 31.4. The van der Waals surface area contributed by atoms with Gasteiger partial charge in [0.25, 0.3) is 11.8 Å². The van der Waals surface area contributed by atoms with Gasteiger partial charge in [-0.25, -0.2) is 24.2 Å². The summed E-state index contributed by atoms with van der Waals surface area (Å²) >= 11 is 0. The monoisotopic (exact) mass is 1630 g/mol. The lowest BCUT2D eigenvalue weighted by molar-refractivity contribution is -0.148. The maximum atomic E-state index is 13.9. The van der Waals surface area contributed by atoms with E-state index >= 15 is 0 Å². The molecule has 111 heavy (non-hydrogen) atoms. The average molecular weight is 1630 g/mol. The van der Waals surface area contributed by atoms with Gasteiger partial charge in [0.2, 0.25) is 47.3 Å². The van der Waals surface area contributed by atoms with E-state index in [1.165, 1.54) is 19.2 Å². The first-order valence-electron chi connectivity index (χ1n) is 33.2. The molecule has 0 fully saturated rings. The SMILES string of the molecule is COCCSSC[C@H](NC(=O)[C@@H](NC(=O)C[C@H](NC(=O)[C@@H](NC(=O)C[C@H](NC(=O)[C@@H](NC(=O)C[C@H](NC(=O)[C@@H](NC(=O)CCCNC(=O)c1ccc(NCC2=NC3=C(NC2)NC(N)NC3=O)cc1)[C@@H](O)[C@H](O)[C@H](O)CO)C(=O)O)[C@@H](O)C[C@H](O)CO)C(=O)O)[C@@H](O)[C@H](O)[C@H](O)CO)C(=O)O)[C@@H](O)[C@H](O)[C@H](O)CO)C(=O)O. The summed E-state index contributed by atoms with van der Waals surface area (Å²) in [4.78, 5) is 189. The molecule has 0 saturated carbocycles. The molecule has 0 saturated heterocycles. The molecule has 49 nitrogen and oxygen atoms in total. The van der Waals surface area contributed by atoms with Gasteiger partial charge in [0, 0.05) is 49.3 Å². The Morgan fingerprint density at radius 3 is 1.36 bits per heavy atom. The van der Waals surface area contributed by atoms with Crippen LogP contribution in [0.15, 0.2) is 40.8 Å².